The Morgan fingerprint density at radius 2 is 1.90 bits per heavy atom. The number of benzene rings is 1. The van der Waals surface area contributed by atoms with Crippen molar-refractivity contribution < 1.29 is 0 Å². The van der Waals surface area contributed by atoms with Gasteiger partial charge in [-0.25, -0.2) is 0 Å². The van der Waals surface area contributed by atoms with Crippen LogP contribution in [-0.4, -0.2) is 25.6 Å². The van der Waals surface area contributed by atoms with Crippen LogP contribution in [0.4, 0.5) is 5.69 Å². The Morgan fingerprint density at radius 3 is 2.60 bits per heavy atom. The molecule has 2 aromatic rings. The molecule has 0 saturated carbocycles. The number of para-hydroxylation sites is 1. The second-order valence-electron chi connectivity index (χ2n) is 5.06. The van der Waals surface area contributed by atoms with Gasteiger partial charge in [-0.2, -0.15) is 0 Å². The Bertz CT molecular complexity index is 525. The highest BCUT2D eigenvalue weighted by atomic mass is 15.1. The summed E-state index contributed by atoms with van der Waals surface area (Å²) >= 11 is 0. The van der Waals surface area contributed by atoms with Gasteiger partial charge in [0.1, 0.15) is 0 Å². The maximum Gasteiger partial charge on any atom is 0.0421 e. The average molecular weight is 269 g/mol. The summed E-state index contributed by atoms with van der Waals surface area (Å²) in [4.78, 5) is 6.68. The molecule has 1 unspecified atom stereocenters. The standard InChI is InChI=1S/C17H23N3/c1-14(18-2)16-9-4-5-10-17(16)20(3)13-11-15-8-6-7-12-19-15/h4-10,12,14,18H,11,13H2,1-3H3. The van der Waals surface area contributed by atoms with Crippen molar-refractivity contribution in [3.05, 3.63) is 59.9 Å². The van der Waals surface area contributed by atoms with Gasteiger partial charge in [0.25, 0.3) is 0 Å². The maximum atomic E-state index is 4.38. The minimum atomic E-state index is 0.350. The van der Waals surface area contributed by atoms with Crippen molar-refractivity contribution >= 4 is 5.69 Å². The van der Waals surface area contributed by atoms with Crippen LogP contribution >= 0.6 is 0 Å². The maximum absolute atomic E-state index is 4.38. The molecule has 0 aliphatic carbocycles. The number of pyridine rings is 1. The van der Waals surface area contributed by atoms with E-state index in [4.69, 9.17) is 0 Å². The predicted molar refractivity (Wildman–Crippen MR) is 85.1 cm³/mol. The number of hydrogen-bond donors (Lipinski definition) is 1. The van der Waals surface area contributed by atoms with Gasteiger partial charge in [0.15, 0.2) is 0 Å². The summed E-state index contributed by atoms with van der Waals surface area (Å²) in [6, 6.07) is 15.0. The molecular weight excluding hydrogens is 246 g/mol. The first-order valence-electron chi connectivity index (χ1n) is 7.09. The van der Waals surface area contributed by atoms with E-state index < -0.39 is 0 Å². The van der Waals surface area contributed by atoms with E-state index in [0.29, 0.717) is 6.04 Å². The lowest BCUT2D eigenvalue weighted by molar-refractivity contribution is 0.649. The van der Waals surface area contributed by atoms with Crippen LogP contribution in [-0.2, 0) is 6.42 Å². The fourth-order valence-electron chi connectivity index (χ4n) is 2.31. The van der Waals surface area contributed by atoms with Crippen LogP contribution < -0.4 is 10.2 Å². The Hall–Kier alpha value is -1.87. The van der Waals surface area contributed by atoms with E-state index in [-0.39, 0.29) is 0 Å². The van der Waals surface area contributed by atoms with Crippen LogP contribution in [0, 0.1) is 0 Å². The van der Waals surface area contributed by atoms with E-state index in [1.54, 1.807) is 0 Å². The first-order valence-corrected chi connectivity index (χ1v) is 7.09. The summed E-state index contributed by atoms with van der Waals surface area (Å²) in [6.07, 6.45) is 2.81. The zero-order chi connectivity index (χ0) is 14.4. The second kappa shape index (κ2) is 7.06. The molecule has 1 aromatic carbocycles. The number of nitrogens with zero attached hydrogens (tertiary/aromatic N) is 2. The van der Waals surface area contributed by atoms with Crippen LogP contribution in [0.3, 0.4) is 0 Å². The SMILES string of the molecule is CNC(C)c1ccccc1N(C)CCc1ccccn1. The molecular formula is C17H23N3. The van der Waals surface area contributed by atoms with E-state index in [2.05, 4.69) is 59.5 Å². The third kappa shape index (κ3) is 3.58. The van der Waals surface area contributed by atoms with E-state index in [9.17, 15) is 0 Å². The zero-order valence-electron chi connectivity index (χ0n) is 12.5. The van der Waals surface area contributed by atoms with Gasteiger partial charge < -0.3 is 10.2 Å². The molecule has 0 spiro atoms. The molecule has 1 aromatic heterocycles. The second-order valence-corrected chi connectivity index (χ2v) is 5.06. The lowest BCUT2D eigenvalue weighted by atomic mass is 10.1. The number of nitrogens with one attached hydrogen (secondary N) is 1. The molecule has 0 bridgehead atoms. The fourth-order valence-corrected chi connectivity index (χ4v) is 2.31. The van der Waals surface area contributed by atoms with Gasteiger partial charge in [-0.3, -0.25) is 4.98 Å². The fraction of sp³-hybridized carbons (Fsp3) is 0.353. The highest BCUT2D eigenvalue weighted by molar-refractivity contribution is 5.54. The van der Waals surface area contributed by atoms with Gasteiger partial charge in [0.2, 0.25) is 0 Å². The lowest BCUT2D eigenvalue weighted by Gasteiger charge is -2.25. The lowest BCUT2D eigenvalue weighted by Crippen LogP contribution is -2.24. The van der Waals surface area contributed by atoms with Crippen LogP contribution in [0.2, 0.25) is 0 Å². The first kappa shape index (κ1) is 14.5. The minimum absolute atomic E-state index is 0.350. The monoisotopic (exact) mass is 269 g/mol. The van der Waals surface area contributed by atoms with E-state index >= 15 is 0 Å². The smallest absolute Gasteiger partial charge is 0.0421 e. The van der Waals surface area contributed by atoms with Gasteiger partial charge in [0.05, 0.1) is 0 Å². The molecule has 106 valence electrons. The molecule has 2 rings (SSSR count). The third-order valence-corrected chi connectivity index (χ3v) is 3.68. The van der Waals surface area contributed by atoms with Gasteiger partial charge in [-0.1, -0.05) is 24.3 Å². The zero-order valence-corrected chi connectivity index (χ0v) is 12.5. The van der Waals surface area contributed by atoms with Crippen molar-refractivity contribution in [2.75, 3.05) is 25.5 Å². The predicted octanol–water partition coefficient (Wildman–Crippen LogP) is 3.04. The Morgan fingerprint density at radius 1 is 1.15 bits per heavy atom. The molecule has 3 heteroatoms. The van der Waals surface area contributed by atoms with E-state index in [0.717, 1.165) is 18.7 Å². The van der Waals surface area contributed by atoms with Crippen molar-refractivity contribution in [2.24, 2.45) is 0 Å². The molecule has 0 amide bonds. The summed E-state index contributed by atoms with van der Waals surface area (Å²) < 4.78 is 0. The van der Waals surface area contributed by atoms with Crippen molar-refractivity contribution in [3.8, 4) is 0 Å². The molecule has 1 N–H and O–H groups in total. The summed E-state index contributed by atoms with van der Waals surface area (Å²) in [7, 11) is 4.14. The van der Waals surface area contributed by atoms with Gasteiger partial charge in [-0.15, -0.1) is 0 Å². The summed E-state index contributed by atoms with van der Waals surface area (Å²) in [5.41, 5.74) is 3.75. The summed E-state index contributed by atoms with van der Waals surface area (Å²) in [6.45, 7) is 3.15. The molecule has 20 heavy (non-hydrogen) atoms. The Labute approximate surface area is 121 Å². The number of anilines is 1. The van der Waals surface area contributed by atoms with Crippen molar-refractivity contribution in [1.82, 2.24) is 10.3 Å². The third-order valence-electron chi connectivity index (χ3n) is 3.68. The van der Waals surface area contributed by atoms with E-state index in [1.165, 1.54) is 11.3 Å². The number of rotatable bonds is 6. The Kier molecular flexibility index (Phi) is 5.13. The number of likely N-dealkylation sites (N-methyl/N-ethyl adjacent to an activating group) is 1. The van der Waals surface area contributed by atoms with Gasteiger partial charge in [0, 0.05) is 43.6 Å². The van der Waals surface area contributed by atoms with Crippen LogP contribution in [0.5, 0.6) is 0 Å². The summed E-state index contributed by atoms with van der Waals surface area (Å²) in [5.74, 6) is 0. The minimum Gasteiger partial charge on any atom is -0.374 e. The molecule has 0 fully saturated rings. The quantitative estimate of drug-likeness (QED) is 0.873. The van der Waals surface area contributed by atoms with Crippen molar-refractivity contribution in [1.29, 1.82) is 0 Å². The highest BCUT2D eigenvalue weighted by Gasteiger charge is 2.11. The number of aromatic nitrogens is 1. The molecule has 0 aliphatic heterocycles. The number of hydrogen-bond acceptors (Lipinski definition) is 3. The van der Waals surface area contributed by atoms with Gasteiger partial charge >= 0.3 is 0 Å². The molecule has 3 nitrogen and oxygen atoms in total. The molecule has 0 saturated heterocycles. The highest BCUT2D eigenvalue weighted by Crippen LogP contribution is 2.25. The van der Waals surface area contributed by atoms with Crippen molar-refractivity contribution in [2.45, 2.75) is 19.4 Å². The van der Waals surface area contributed by atoms with Crippen LogP contribution in [0.25, 0.3) is 0 Å². The topological polar surface area (TPSA) is 28.2 Å². The van der Waals surface area contributed by atoms with Crippen LogP contribution in [0.1, 0.15) is 24.2 Å². The van der Waals surface area contributed by atoms with Crippen molar-refractivity contribution in [3.63, 3.8) is 0 Å². The molecule has 1 heterocycles. The average Bonchev–Trinajstić information content (AvgIpc) is 2.52. The summed E-state index contributed by atoms with van der Waals surface area (Å²) in [5, 5.41) is 3.31. The van der Waals surface area contributed by atoms with Crippen LogP contribution in [0.15, 0.2) is 48.7 Å². The first-order chi connectivity index (χ1) is 9.72. The van der Waals surface area contributed by atoms with Gasteiger partial charge in [-0.05, 0) is 37.7 Å². The van der Waals surface area contributed by atoms with E-state index in [1.807, 2.05) is 25.4 Å². The largest absolute Gasteiger partial charge is 0.374 e. The normalized spacial score (nSPS) is 12.2. The Balaban J connectivity index is 2.07. The molecule has 0 radical (unpaired) electrons. The molecule has 1 atom stereocenters. The molecule has 0 aliphatic rings.